The third-order valence-electron chi connectivity index (χ3n) is 5.74. The quantitative estimate of drug-likeness (QED) is 0.447. The van der Waals surface area contributed by atoms with Crippen molar-refractivity contribution in [1.29, 1.82) is 0 Å². The molecule has 2 heterocycles. The molecule has 1 amide bonds. The van der Waals surface area contributed by atoms with E-state index in [9.17, 15) is 4.79 Å². The van der Waals surface area contributed by atoms with Gasteiger partial charge in [-0.05, 0) is 55.2 Å². The van der Waals surface area contributed by atoms with Crippen molar-refractivity contribution in [1.82, 2.24) is 9.88 Å². The van der Waals surface area contributed by atoms with Crippen LogP contribution in [0.2, 0.25) is 5.02 Å². The van der Waals surface area contributed by atoms with Crippen molar-refractivity contribution in [2.45, 2.75) is 45.1 Å². The maximum absolute atomic E-state index is 13.2. The van der Waals surface area contributed by atoms with Gasteiger partial charge in [0.05, 0.1) is 13.2 Å². The lowest BCUT2D eigenvalue weighted by atomic mass is 10.1. The summed E-state index contributed by atoms with van der Waals surface area (Å²) >= 11 is 5.98. The van der Waals surface area contributed by atoms with Gasteiger partial charge in [-0.15, -0.1) is 0 Å². The summed E-state index contributed by atoms with van der Waals surface area (Å²) in [7, 11) is 0. The Kier molecular flexibility index (Phi) is 8.20. The Morgan fingerprint density at radius 3 is 2.58 bits per heavy atom. The maximum Gasteiger partial charge on any atom is 0.224 e. The standard InChI is InChI=1S/C27H29ClN2O3/c28-23-14-11-21(12-15-23)13-16-26(31)30-18-5-1-2-6-19-32-24-9-3-4-10-25(24)33-27-22(20-30)8-7-17-29-27/h3-4,7-12,14-15,17H,1-2,5-6,13,16,18-20H2. The molecule has 5 nitrogen and oxygen atoms in total. The number of fused-ring (bicyclic) bond motifs is 2. The number of pyridine rings is 1. The minimum absolute atomic E-state index is 0.135. The topological polar surface area (TPSA) is 51.7 Å². The van der Waals surface area contributed by atoms with E-state index in [2.05, 4.69) is 4.98 Å². The molecular formula is C27H29ClN2O3. The van der Waals surface area contributed by atoms with Crippen LogP contribution in [0.15, 0.2) is 66.9 Å². The highest BCUT2D eigenvalue weighted by molar-refractivity contribution is 6.30. The van der Waals surface area contributed by atoms with Crippen LogP contribution in [-0.4, -0.2) is 28.9 Å². The molecule has 3 aromatic rings. The van der Waals surface area contributed by atoms with Crippen LogP contribution >= 0.6 is 11.6 Å². The van der Waals surface area contributed by atoms with E-state index in [0.29, 0.717) is 54.9 Å². The molecule has 0 radical (unpaired) electrons. The molecule has 0 N–H and O–H groups in total. The molecule has 6 heteroatoms. The Bertz CT molecular complexity index is 1060. The van der Waals surface area contributed by atoms with Gasteiger partial charge in [-0.25, -0.2) is 4.98 Å². The molecule has 0 saturated heterocycles. The van der Waals surface area contributed by atoms with E-state index in [0.717, 1.165) is 36.8 Å². The lowest BCUT2D eigenvalue weighted by Gasteiger charge is -2.24. The first-order valence-electron chi connectivity index (χ1n) is 11.5. The number of amides is 1. The van der Waals surface area contributed by atoms with Crippen LogP contribution in [0, 0.1) is 0 Å². The molecule has 1 aliphatic rings. The van der Waals surface area contributed by atoms with Gasteiger partial charge >= 0.3 is 0 Å². The van der Waals surface area contributed by atoms with Crippen LogP contribution in [0.4, 0.5) is 0 Å². The van der Waals surface area contributed by atoms with E-state index in [-0.39, 0.29) is 5.91 Å². The fourth-order valence-electron chi connectivity index (χ4n) is 3.89. The fraction of sp³-hybridized carbons (Fsp3) is 0.333. The van der Waals surface area contributed by atoms with E-state index in [1.165, 1.54) is 0 Å². The van der Waals surface area contributed by atoms with Crippen LogP contribution in [-0.2, 0) is 17.8 Å². The molecule has 172 valence electrons. The molecule has 1 aromatic heterocycles. The summed E-state index contributed by atoms with van der Waals surface area (Å²) in [5, 5.41) is 0.705. The van der Waals surface area contributed by atoms with Crippen LogP contribution in [0.25, 0.3) is 0 Å². The Morgan fingerprint density at radius 1 is 0.939 bits per heavy atom. The third kappa shape index (κ3) is 6.72. The number of benzene rings is 2. The first kappa shape index (κ1) is 23.1. The van der Waals surface area contributed by atoms with Crippen molar-refractivity contribution in [2.75, 3.05) is 13.2 Å². The highest BCUT2D eigenvalue weighted by Crippen LogP contribution is 2.32. The lowest BCUT2D eigenvalue weighted by Crippen LogP contribution is -2.32. The van der Waals surface area contributed by atoms with Gasteiger partial charge in [0.1, 0.15) is 0 Å². The van der Waals surface area contributed by atoms with Crippen molar-refractivity contribution in [3.63, 3.8) is 0 Å². The molecule has 0 spiro atoms. The van der Waals surface area contributed by atoms with Gasteiger partial charge in [-0.2, -0.15) is 0 Å². The average Bonchev–Trinajstić information content (AvgIpc) is 2.84. The van der Waals surface area contributed by atoms with Gasteiger partial charge < -0.3 is 14.4 Å². The van der Waals surface area contributed by atoms with Gasteiger partial charge in [-0.1, -0.05) is 54.8 Å². The van der Waals surface area contributed by atoms with Crippen molar-refractivity contribution in [2.24, 2.45) is 0 Å². The summed E-state index contributed by atoms with van der Waals surface area (Å²) in [4.78, 5) is 19.6. The summed E-state index contributed by atoms with van der Waals surface area (Å²) < 4.78 is 12.1. The van der Waals surface area contributed by atoms with E-state index >= 15 is 0 Å². The first-order valence-corrected chi connectivity index (χ1v) is 11.9. The summed E-state index contributed by atoms with van der Waals surface area (Å²) in [5.74, 6) is 1.98. The predicted molar refractivity (Wildman–Crippen MR) is 130 cm³/mol. The minimum Gasteiger partial charge on any atom is -0.490 e. The minimum atomic E-state index is 0.135. The molecule has 2 aromatic carbocycles. The normalized spacial score (nSPS) is 14.8. The van der Waals surface area contributed by atoms with E-state index in [4.69, 9.17) is 21.1 Å². The first-order chi connectivity index (χ1) is 16.2. The molecule has 1 aliphatic heterocycles. The van der Waals surface area contributed by atoms with Crippen LogP contribution < -0.4 is 9.47 Å². The molecule has 0 saturated carbocycles. The number of ether oxygens (including phenoxy) is 2. The van der Waals surface area contributed by atoms with Crippen LogP contribution in [0.1, 0.15) is 43.2 Å². The summed E-state index contributed by atoms with van der Waals surface area (Å²) in [5.41, 5.74) is 1.99. The Labute approximate surface area is 200 Å². The number of nitrogens with zero attached hydrogens (tertiary/aromatic N) is 2. The molecule has 0 fully saturated rings. The van der Waals surface area contributed by atoms with Gasteiger partial charge in [-0.3, -0.25) is 4.79 Å². The van der Waals surface area contributed by atoms with Crippen molar-refractivity contribution in [3.8, 4) is 17.4 Å². The Hall–Kier alpha value is -3.05. The fourth-order valence-corrected chi connectivity index (χ4v) is 4.02. The number of rotatable bonds is 3. The van der Waals surface area contributed by atoms with Gasteiger partial charge in [0.25, 0.3) is 0 Å². The number of aromatic nitrogens is 1. The molecule has 0 unspecified atom stereocenters. The summed E-state index contributed by atoms with van der Waals surface area (Å²) in [6, 6.07) is 19.2. The number of halogens is 1. The van der Waals surface area contributed by atoms with Crippen molar-refractivity contribution < 1.29 is 14.3 Å². The highest BCUT2D eigenvalue weighted by atomic mass is 35.5. The second-order valence-electron chi connectivity index (χ2n) is 8.22. The number of carbonyl (C=O) groups is 1. The number of hydrogen-bond donors (Lipinski definition) is 0. The second kappa shape index (κ2) is 11.7. The summed E-state index contributed by atoms with van der Waals surface area (Å²) in [6.07, 6.45) is 6.89. The molecule has 33 heavy (non-hydrogen) atoms. The van der Waals surface area contributed by atoms with Crippen molar-refractivity contribution in [3.05, 3.63) is 83.0 Å². The van der Waals surface area contributed by atoms with Gasteiger partial charge in [0.2, 0.25) is 11.8 Å². The van der Waals surface area contributed by atoms with E-state index in [1.807, 2.05) is 65.6 Å². The predicted octanol–water partition coefficient (Wildman–Crippen LogP) is 6.44. The molecule has 4 rings (SSSR count). The van der Waals surface area contributed by atoms with Gasteiger partial charge in [0.15, 0.2) is 11.5 Å². The number of para-hydroxylation sites is 2. The SMILES string of the molecule is O=C(CCc1ccc(Cl)cc1)N1CCCCCCOc2ccccc2Oc2ncccc2C1. The number of hydrogen-bond acceptors (Lipinski definition) is 4. The summed E-state index contributed by atoms with van der Waals surface area (Å²) in [6.45, 7) is 1.82. The van der Waals surface area contributed by atoms with E-state index in [1.54, 1.807) is 6.20 Å². The zero-order valence-corrected chi connectivity index (χ0v) is 19.5. The molecule has 0 atom stereocenters. The van der Waals surface area contributed by atoms with Crippen molar-refractivity contribution >= 4 is 17.5 Å². The average molecular weight is 465 g/mol. The molecular weight excluding hydrogens is 436 g/mol. The highest BCUT2D eigenvalue weighted by Gasteiger charge is 2.18. The number of aryl methyl sites for hydroxylation is 1. The third-order valence-corrected chi connectivity index (χ3v) is 5.99. The zero-order chi connectivity index (χ0) is 22.9. The smallest absolute Gasteiger partial charge is 0.224 e. The second-order valence-corrected chi connectivity index (χ2v) is 8.66. The number of carbonyl (C=O) groups excluding carboxylic acids is 1. The maximum atomic E-state index is 13.2. The van der Waals surface area contributed by atoms with E-state index < -0.39 is 0 Å². The Morgan fingerprint density at radius 2 is 1.73 bits per heavy atom. The zero-order valence-electron chi connectivity index (χ0n) is 18.7. The van der Waals surface area contributed by atoms with Crippen LogP contribution in [0.3, 0.4) is 0 Å². The Balaban J connectivity index is 1.53. The largest absolute Gasteiger partial charge is 0.490 e. The lowest BCUT2D eigenvalue weighted by molar-refractivity contribution is -0.131. The van der Waals surface area contributed by atoms with Crippen LogP contribution in [0.5, 0.6) is 17.4 Å². The molecule has 0 bridgehead atoms. The van der Waals surface area contributed by atoms with Gasteiger partial charge in [0, 0.05) is 29.7 Å². The monoisotopic (exact) mass is 464 g/mol. The molecule has 0 aliphatic carbocycles.